The van der Waals surface area contributed by atoms with Crippen molar-refractivity contribution in [1.29, 1.82) is 0 Å². The molecule has 2 aromatic carbocycles. The Morgan fingerprint density at radius 1 is 0.714 bits per heavy atom. The Hall–Kier alpha value is -2.00. The predicted octanol–water partition coefficient (Wildman–Crippen LogP) is 10.6. The fourth-order valence-corrected chi connectivity index (χ4v) is 5.86. The van der Waals surface area contributed by atoms with Gasteiger partial charge in [0.2, 0.25) is 0 Å². The van der Waals surface area contributed by atoms with Gasteiger partial charge in [-0.2, -0.15) is 0 Å². The van der Waals surface area contributed by atoms with Crippen LogP contribution in [0.2, 0.25) is 0 Å². The number of rotatable bonds is 13. The number of benzene rings is 2. The molecule has 3 rings (SSSR count). The summed E-state index contributed by atoms with van der Waals surface area (Å²) >= 11 is 0. The number of hydrogen-bond donors (Lipinski definition) is 0. The maximum Gasteiger partial charge on any atom is 0.0280 e. The molecule has 0 heteroatoms. The highest BCUT2D eigenvalue weighted by Crippen LogP contribution is 2.36. The second-order valence-corrected chi connectivity index (χ2v) is 10.9. The zero-order valence-corrected chi connectivity index (χ0v) is 23.0. The predicted molar refractivity (Wildman–Crippen MR) is 154 cm³/mol. The van der Waals surface area contributed by atoms with Crippen molar-refractivity contribution in [2.45, 2.75) is 129 Å². The topological polar surface area (TPSA) is 0 Å². The zero-order chi connectivity index (χ0) is 24.7. The molecule has 0 radical (unpaired) electrons. The minimum atomic E-state index is 0.557. The van der Waals surface area contributed by atoms with E-state index in [9.17, 15) is 0 Å². The third-order valence-electron chi connectivity index (χ3n) is 8.10. The van der Waals surface area contributed by atoms with Gasteiger partial charge in [-0.05, 0) is 86.0 Å². The monoisotopic (exact) mass is 470 g/mol. The molecule has 190 valence electrons. The van der Waals surface area contributed by atoms with Gasteiger partial charge in [0.15, 0.2) is 0 Å². The standard InChI is InChI=1S/C35H50/c1-4-7-9-10-11-15-29-19-24-31(25-20-29)32-26-21-30(22-27-32)23-28-34-17-12-13-18-35(34)33(14-6-3)16-8-5-2/h12-13,17-20,24-25,30,32-33H,4-11,14-16,21-22,26-27H2,1-3H3. The second kappa shape index (κ2) is 15.9. The maximum atomic E-state index is 3.70. The van der Waals surface area contributed by atoms with Crippen LogP contribution >= 0.6 is 0 Å². The quantitative estimate of drug-likeness (QED) is 0.202. The highest BCUT2D eigenvalue weighted by molar-refractivity contribution is 5.43. The van der Waals surface area contributed by atoms with E-state index in [2.05, 4.69) is 81.1 Å². The van der Waals surface area contributed by atoms with Crippen LogP contribution in [0.5, 0.6) is 0 Å². The van der Waals surface area contributed by atoms with Crippen molar-refractivity contribution >= 4 is 0 Å². The lowest BCUT2D eigenvalue weighted by Crippen LogP contribution is -2.12. The molecule has 0 heterocycles. The van der Waals surface area contributed by atoms with E-state index in [1.54, 1.807) is 5.56 Å². The SMILES string of the molecule is CCCCCCCc1ccc(C2CCC(C#Cc3ccccc3C(CCC)CCCC)CC2)cc1. The Bertz CT molecular complexity index is 886. The molecule has 1 unspecified atom stereocenters. The summed E-state index contributed by atoms with van der Waals surface area (Å²) in [6.45, 7) is 6.90. The van der Waals surface area contributed by atoms with E-state index in [1.807, 2.05) is 0 Å². The van der Waals surface area contributed by atoms with Gasteiger partial charge >= 0.3 is 0 Å². The summed E-state index contributed by atoms with van der Waals surface area (Å²) in [5.74, 6) is 9.29. The molecule has 0 amide bonds. The lowest BCUT2D eigenvalue weighted by atomic mass is 9.78. The number of aryl methyl sites for hydroxylation is 1. The van der Waals surface area contributed by atoms with Crippen molar-refractivity contribution in [3.8, 4) is 11.8 Å². The first-order chi connectivity index (χ1) is 17.2. The normalized spacial score (nSPS) is 18.6. The molecular weight excluding hydrogens is 420 g/mol. The van der Waals surface area contributed by atoms with Crippen molar-refractivity contribution in [2.24, 2.45) is 5.92 Å². The molecular formula is C35H50. The van der Waals surface area contributed by atoms with Crippen LogP contribution in [0.1, 0.15) is 145 Å². The molecule has 0 bridgehead atoms. The molecule has 0 aliphatic heterocycles. The van der Waals surface area contributed by atoms with Crippen molar-refractivity contribution in [2.75, 3.05) is 0 Å². The average molecular weight is 471 g/mol. The van der Waals surface area contributed by atoms with Gasteiger partial charge in [-0.3, -0.25) is 0 Å². The van der Waals surface area contributed by atoms with Gasteiger partial charge in [0.05, 0.1) is 0 Å². The summed E-state index contributed by atoms with van der Waals surface area (Å²) in [6, 6.07) is 18.6. The summed E-state index contributed by atoms with van der Waals surface area (Å²) in [5.41, 5.74) is 5.85. The van der Waals surface area contributed by atoms with Crippen molar-refractivity contribution in [1.82, 2.24) is 0 Å². The third-order valence-corrected chi connectivity index (χ3v) is 8.10. The largest absolute Gasteiger partial charge is 0.0945 e. The summed E-state index contributed by atoms with van der Waals surface area (Å²) in [6.07, 6.45) is 19.5. The van der Waals surface area contributed by atoms with Gasteiger partial charge in [-0.1, -0.05) is 120 Å². The Kier molecular flexibility index (Phi) is 12.5. The van der Waals surface area contributed by atoms with Gasteiger partial charge in [-0.15, -0.1) is 0 Å². The van der Waals surface area contributed by atoms with E-state index in [0.29, 0.717) is 11.8 Å². The molecule has 1 aliphatic carbocycles. The Morgan fingerprint density at radius 3 is 2.14 bits per heavy atom. The fraction of sp³-hybridized carbons (Fsp3) is 0.600. The van der Waals surface area contributed by atoms with Crippen LogP contribution in [-0.4, -0.2) is 0 Å². The molecule has 1 saturated carbocycles. The van der Waals surface area contributed by atoms with Crippen LogP contribution < -0.4 is 0 Å². The van der Waals surface area contributed by atoms with Crippen molar-refractivity contribution in [3.63, 3.8) is 0 Å². The summed E-state index contributed by atoms with van der Waals surface area (Å²) in [5, 5.41) is 0. The molecule has 1 atom stereocenters. The van der Waals surface area contributed by atoms with E-state index in [0.717, 1.165) is 5.92 Å². The second-order valence-electron chi connectivity index (χ2n) is 10.9. The van der Waals surface area contributed by atoms with E-state index in [-0.39, 0.29) is 0 Å². The van der Waals surface area contributed by atoms with Crippen molar-refractivity contribution < 1.29 is 0 Å². The van der Waals surface area contributed by atoms with Gasteiger partial charge in [0.25, 0.3) is 0 Å². The fourth-order valence-electron chi connectivity index (χ4n) is 5.86. The van der Waals surface area contributed by atoms with Crippen LogP contribution in [0, 0.1) is 17.8 Å². The first-order valence-corrected chi connectivity index (χ1v) is 14.9. The van der Waals surface area contributed by atoms with Crippen LogP contribution in [0.4, 0.5) is 0 Å². The van der Waals surface area contributed by atoms with Gasteiger partial charge < -0.3 is 0 Å². The summed E-state index contributed by atoms with van der Waals surface area (Å²) < 4.78 is 0. The molecule has 0 saturated heterocycles. The molecule has 35 heavy (non-hydrogen) atoms. The van der Waals surface area contributed by atoms with Gasteiger partial charge in [-0.25, -0.2) is 0 Å². The Labute approximate surface area is 217 Å². The molecule has 0 aromatic heterocycles. The van der Waals surface area contributed by atoms with E-state index in [1.165, 1.54) is 113 Å². The van der Waals surface area contributed by atoms with Gasteiger partial charge in [0.1, 0.15) is 0 Å². The van der Waals surface area contributed by atoms with Crippen molar-refractivity contribution in [3.05, 3.63) is 70.8 Å². The molecule has 0 N–H and O–H groups in total. The van der Waals surface area contributed by atoms with Crippen LogP contribution in [0.3, 0.4) is 0 Å². The molecule has 0 nitrogen and oxygen atoms in total. The highest BCUT2D eigenvalue weighted by Gasteiger charge is 2.21. The third kappa shape index (κ3) is 9.18. The smallest absolute Gasteiger partial charge is 0.0280 e. The highest BCUT2D eigenvalue weighted by atomic mass is 14.3. The Morgan fingerprint density at radius 2 is 1.43 bits per heavy atom. The lowest BCUT2D eigenvalue weighted by Gasteiger charge is -2.26. The van der Waals surface area contributed by atoms with Crippen LogP contribution in [0.25, 0.3) is 0 Å². The number of hydrogen-bond acceptors (Lipinski definition) is 0. The first-order valence-electron chi connectivity index (χ1n) is 14.9. The van der Waals surface area contributed by atoms with Crippen LogP contribution in [0.15, 0.2) is 48.5 Å². The maximum absolute atomic E-state index is 3.70. The lowest BCUT2D eigenvalue weighted by molar-refractivity contribution is 0.384. The minimum absolute atomic E-state index is 0.557. The first kappa shape index (κ1) is 27.6. The van der Waals surface area contributed by atoms with E-state index < -0.39 is 0 Å². The number of unbranched alkanes of at least 4 members (excludes halogenated alkanes) is 5. The minimum Gasteiger partial charge on any atom is -0.0945 e. The van der Waals surface area contributed by atoms with E-state index >= 15 is 0 Å². The Balaban J connectivity index is 1.52. The average Bonchev–Trinajstić information content (AvgIpc) is 2.91. The van der Waals surface area contributed by atoms with Gasteiger partial charge in [0, 0.05) is 11.5 Å². The van der Waals surface area contributed by atoms with E-state index in [4.69, 9.17) is 0 Å². The molecule has 1 fully saturated rings. The summed E-state index contributed by atoms with van der Waals surface area (Å²) in [7, 11) is 0. The molecule has 0 spiro atoms. The van der Waals surface area contributed by atoms with Crippen LogP contribution in [-0.2, 0) is 6.42 Å². The molecule has 1 aliphatic rings. The molecule has 2 aromatic rings. The summed E-state index contributed by atoms with van der Waals surface area (Å²) in [4.78, 5) is 0. The zero-order valence-electron chi connectivity index (χ0n) is 23.0.